The van der Waals surface area contributed by atoms with Gasteiger partial charge in [0.1, 0.15) is 5.75 Å². The molecule has 0 radical (unpaired) electrons. The fourth-order valence-corrected chi connectivity index (χ4v) is 1.89. The van der Waals surface area contributed by atoms with Gasteiger partial charge in [-0.05, 0) is 31.4 Å². The molecule has 0 fully saturated rings. The van der Waals surface area contributed by atoms with E-state index in [1.807, 2.05) is 24.3 Å². The second kappa shape index (κ2) is 8.57. The van der Waals surface area contributed by atoms with E-state index in [1.54, 1.807) is 6.92 Å². The Balaban J connectivity index is 2.45. The Hall–Kier alpha value is -1.51. The summed E-state index contributed by atoms with van der Waals surface area (Å²) >= 11 is 0. The van der Waals surface area contributed by atoms with Crippen molar-refractivity contribution >= 4 is 5.91 Å². The SMILES string of the molecule is CCCCCNC(=O)C(C)Oc1ccccc1CC. The molecule has 3 nitrogen and oxygen atoms in total. The monoisotopic (exact) mass is 263 g/mol. The lowest BCUT2D eigenvalue weighted by molar-refractivity contribution is -0.127. The number of nitrogens with one attached hydrogen (secondary N) is 1. The Morgan fingerprint density at radius 3 is 2.68 bits per heavy atom. The fraction of sp³-hybridized carbons (Fsp3) is 0.562. The van der Waals surface area contributed by atoms with Crippen molar-refractivity contribution in [2.75, 3.05) is 6.54 Å². The van der Waals surface area contributed by atoms with Gasteiger partial charge in [0.15, 0.2) is 6.10 Å². The molecule has 0 heterocycles. The minimum Gasteiger partial charge on any atom is -0.481 e. The highest BCUT2D eigenvalue weighted by molar-refractivity contribution is 5.80. The summed E-state index contributed by atoms with van der Waals surface area (Å²) in [5.74, 6) is 0.767. The zero-order chi connectivity index (χ0) is 14.1. The zero-order valence-electron chi connectivity index (χ0n) is 12.2. The lowest BCUT2D eigenvalue weighted by atomic mass is 10.1. The van der Waals surface area contributed by atoms with Crippen molar-refractivity contribution in [2.45, 2.75) is 52.6 Å². The van der Waals surface area contributed by atoms with Crippen LogP contribution in [-0.2, 0) is 11.2 Å². The summed E-state index contributed by atoms with van der Waals surface area (Å²) in [5, 5.41) is 2.91. The number of ether oxygens (including phenoxy) is 1. The van der Waals surface area contributed by atoms with E-state index in [0.29, 0.717) is 0 Å². The molecule has 106 valence electrons. The van der Waals surface area contributed by atoms with Crippen LogP contribution in [0.5, 0.6) is 5.75 Å². The summed E-state index contributed by atoms with van der Waals surface area (Å²) in [6.07, 6.45) is 3.79. The first-order chi connectivity index (χ1) is 9.19. The van der Waals surface area contributed by atoms with Crippen molar-refractivity contribution in [1.82, 2.24) is 5.32 Å². The molecule has 0 aromatic heterocycles. The molecular weight excluding hydrogens is 238 g/mol. The van der Waals surface area contributed by atoms with E-state index in [2.05, 4.69) is 19.2 Å². The van der Waals surface area contributed by atoms with E-state index < -0.39 is 6.10 Å². The normalized spacial score (nSPS) is 11.9. The molecule has 1 N–H and O–H groups in total. The zero-order valence-corrected chi connectivity index (χ0v) is 12.2. The van der Waals surface area contributed by atoms with Gasteiger partial charge in [0.25, 0.3) is 5.91 Å². The highest BCUT2D eigenvalue weighted by atomic mass is 16.5. The molecule has 0 aliphatic carbocycles. The van der Waals surface area contributed by atoms with Gasteiger partial charge >= 0.3 is 0 Å². The van der Waals surface area contributed by atoms with Crippen molar-refractivity contribution in [3.8, 4) is 5.75 Å². The highest BCUT2D eigenvalue weighted by Gasteiger charge is 2.15. The van der Waals surface area contributed by atoms with E-state index in [4.69, 9.17) is 4.74 Å². The number of carbonyl (C=O) groups excluding carboxylic acids is 1. The van der Waals surface area contributed by atoms with Gasteiger partial charge in [-0.3, -0.25) is 4.79 Å². The van der Waals surface area contributed by atoms with E-state index in [9.17, 15) is 4.79 Å². The lowest BCUT2D eigenvalue weighted by Crippen LogP contribution is -2.36. The van der Waals surface area contributed by atoms with E-state index in [-0.39, 0.29) is 5.91 Å². The van der Waals surface area contributed by atoms with Gasteiger partial charge < -0.3 is 10.1 Å². The second-order valence-electron chi connectivity index (χ2n) is 4.72. The molecule has 0 saturated carbocycles. The number of carbonyl (C=O) groups is 1. The Morgan fingerprint density at radius 1 is 1.26 bits per heavy atom. The van der Waals surface area contributed by atoms with Gasteiger partial charge in [-0.15, -0.1) is 0 Å². The summed E-state index contributed by atoms with van der Waals surface area (Å²) in [4.78, 5) is 11.9. The standard InChI is InChI=1S/C16H25NO2/c1-4-6-9-12-17-16(18)13(3)19-15-11-8-7-10-14(15)5-2/h7-8,10-11,13H,4-6,9,12H2,1-3H3,(H,17,18). The molecular formula is C16H25NO2. The molecule has 0 saturated heterocycles. The lowest BCUT2D eigenvalue weighted by Gasteiger charge is -2.16. The maximum atomic E-state index is 11.9. The van der Waals surface area contributed by atoms with Crippen LogP contribution in [0, 0.1) is 0 Å². The summed E-state index contributed by atoms with van der Waals surface area (Å²) in [6.45, 7) is 6.75. The van der Waals surface area contributed by atoms with Crippen LogP contribution in [0.15, 0.2) is 24.3 Å². The second-order valence-corrected chi connectivity index (χ2v) is 4.72. The first kappa shape index (κ1) is 15.5. The predicted molar refractivity (Wildman–Crippen MR) is 78.4 cm³/mol. The van der Waals surface area contributed by atoms with Gasteiger partial charge in [-0.2, -0.15) is 0 Å². The molecule has 0 bridgehead atoms. The van der Waals surface area contributed by atoms with Crippen molar-refractivity contribution in [3.05, 3.63) is 29.8 Å². The van der Waals surface area contributed by atoms with Gasteiger partial charge in [0.05, 0.1) is 0 Å². The van der Waals surface area contributed by atoms with Crippen LogP contribution in [0.3, 0.4) is 0 Å². The van der Waals surface area contributed by atoms with E-state index >= 15 is 0 Å². The first-order valence-electron chi connectivity index (χ1n) is 7.21. The molecule has 0 aliphatic rings. The number of unbranched alkanes of at least 4 members (excludes halogenated alkanes) is 2. The number of aryl methyl sites for hydroxylation is 1. The number of hydrogen-bond donors (Lipinski definition) is 1. The molecule has 0 aliphatic heterocycles. The van der Waals surface area contributed by atoms with Gasteiger partial charge in [-0.1, -0.05) is 44.9 Å². The molecule has 1 unspecified atom stereocenters. The molecule has 3 heteroatoms. The van der Waals surface area contributed by atoms with Gasteiger partial charge in [0, 0.05) is 6.54 Å². The summed E-state index contributed by atoms with van der Waals surface area (Å²) in [7, 11) is 0. The third-order valence-corrected chi connectivity index (χ3v) is 3.11. The van der Waals surface area contributed by atoms with Gasteiger partial charge in [0.2, 0.25) is 0 Å². The van der Waals surface area contributed by atoms with Crippen LogP contribution < -0.4 is 10.1 Å². The third kappa shape index (κ3) is 5.33. The van der Waals surface area contributed by atoms with Crippen molar-refractivity contribution in [2.24, 2.45) is 0 Å². The Labute approximate surface area is 116 Å². The number of amides is 1. The number of para-hydroxylation sites is 1. The number of hydrogen-bond acceptors (Lipinski definition) is 2. The minimum atomic E-state index is -0.450. The average molecular weight is 263 g/mol. The first-order valence-corrected chi connectivity index (χ1v) is 7.21. The van der Waals surface area contributed by atoms with Crippen molar-refractivity contribution in [3.63, 3.8) is 0 Å². The number of benzene rings is 1. The Kier molecular flexibility index (Phi) is 7.01. The Bertz CT molecular complexity index is 390. The maximum Gasteiger partial charge on any atom is 0.260 e. The molecule has 0 spiro atoms. The highest BCUT2D eigenvalue weighted by Crippen LogP contribution is 2.19. The quantitative estimate of drug-likeness (QED) is 0.731. The van der Waals surface area contributed by atoms with Crippen molar-refractivity contribution in [1.29, 1.82) is 0 Å². The molecule has 1 rings (SSSR count). The van der Waals surface area contributed by atoms with Crippen LogP contribution in [0.25, 0.3) is 0 Å². The van der Waals surface area contributed by atoms with E-state index in [0.717, 1.165) is 43.5 Å². The molecule has 1 amide bonds. The van der Waals surface area contributed by atoms with Crippen LogP contribution in [0.1, 0.15) is 45.6 Å². The maximum absolute atomic E-state index is 11.9. The largest absolute Gasteiger partial charge is 0.481 e. The summed E-state index contributed by atoms with van der Waals surface area (Å²) < 4.78 is 5.74. The molecule has 1 atom stereocenters. The van der Waals surface area contributed by atoms with Crippen molar-refractivity contribution < 1.29 is 9.53 Å². The third-order valence-electron chi connectivity index (χ3n) is 3.11. The Morgan fingerprint density at radius 2 is 2.00 bits per heavy atom. The van der Waals surface area contributed by atoms with Gasteiger partial charge in [-0.25, -0.2) is 0 Å². The average Bonchev–Trinajstić information content (AvgIpc) is 2.44. The van der Waals surface area contributed by atoms with Crippen LogP contribution in [-0.4, -0.2) is 18.6 Å². The topological polar surface area (TPSA) is 38.3 Å². The van der Waals surface area contributed by atoms with Crippen LogP contribution in [0.2, 0.25) is 0 Å². The van der Waals surface area contributed by atoms with E-state index in [1.165, 1.54) is 0 Å². The smallest absolute Gasteiger partial charge is 0.260 e. The molecule has 19 heavy (non-hydrogen) atoms. The predicted octanol–water partition coefficient (Wildman–Crippen LogP) is 3.32. The molecule has 1 aromatic rings. The van der Waals surface area contributed by atoms with Crippen LogP contribution >= 0.6 is 0 Å². The summed E-state index contributed by atoms with van der Waals surface area (Å²) in [6, 6.07) is 7.86. The fourth-order valence-electron chi connectivity index (χ4n) is 1.89. The molecule has 1 aromatic carbocycles. The number of rotatable bonds is 8. The summed E-state index contributed by atoms with van der Waals surface area (Å²) in [5.41, 5.74) is 1.13. The minimum absolute atomic E-state index is 0.0398. The van der Waals surface area contributed by atoms with Crippen LogP contribution in [0.4, 0.5) is 0 Å².